The van der Waals surface area contributed by atoms with Crippen LogP contribution < -0.4 is 4.74 Å². The molecule has 0 N–H and O–H groups in total. The second-order valence-electron chi connectivity index (χ2n) is 8.56. The molecule has 0 spiro atoms. The zero-order valence-corrected chi connectivity index (χ0v) is 20.0. The average Bonchev–Trinajstić information content (AvgIpc) is 2.77. The van der Waals surface area contributed by atoms with Crippen LogP contribution in [0, 0.1) is 0 Å². The third-order valence-electron chi connectivity index (χ3n) is 4.74. The second-order valence-corrected chi connectivity index (χ2v) is 9.71. The Balaban J connectivity index is 1.63. The van der Waals surface area contributed by atoms with Gasteiger partial charge in [0.05, 0.1) is 7.11 Å². The molecule has 0 radical (unpaired) electrons. The van der Waals surface area contributed by atoms with Crippen LogP contribution in [0.4, 0.5) is 4.79 Å². The zero-order valence-electron chi connectivity index (χ0n) is 19.2. The van der Waals surface area contributed by atoms with Crippen molar-refractivity contribution in [2.45, 2.75) is 49.1 Å². The third kappa shape index (κ3) is 7.65. The lowest BCUT2D eigenvalue weighted by molar-refractivity contribution is 0.0236. The Hall–Kier alpha value is -2.92. The van der Waals surface area contributed by atoms with Crippen molar-refractivity contribution >= 4 is 17.9 Å². The van der Waals surface area contributed by atoms with Crippen LogP contribution in [0.5, 0.6) is 5.75 Å². The van der Waals surface area contributed by atoms with Gasteiger partial charge < -0.3 is 14.4 Å². The summed E-state index contributed by atoms with van der Waals surface area (Å²) in [5.41, 5.74) is 1.75. The molecular weight excluding hydrogens is 418 g/mol. The summed E-state index contributed by atoms with van der Waals surface area (Å²) in [5, 5.41) is 0. The number of carbonyl (C=O) groups excluding carboxylic acids is 1. The van der Waals surface area contributed by atoms with E-state index >= 15 is 0 Å². The van der Waals surface area contributed by atoms with E-state index in [2.05, 4.69) is 30.3 Å². The molecule has 3 aromatic carbocycles. The molecule has 4 nitrogen and oxygen atoms in total. The van der Waals surface area contributed by atoms with E-state index in [9.17, 15) is 4.79 Å². The number of hydrogen-bond acceptors (Lipinski definition) is 4. The van der Waals surface area contributed by atoms with Gasteiger partial charge in [0.2, 0.25) is 0 Å². The third-order valence-corrected chi connectivity index (χ3v) is 5.74. The van der Waals surface area contributed by atoms with Crippen LogP contribution in [-0.4, -0.2) is 30.2 Å². The van der Waals surface area contributed by atoms with Gasteiger partial charge in [-0.15, -0.1) is 0 Å². The van der Waals surface area contributed by atoms with Gasteiger partial charge in [-0.05, 0) is 68.7 Å². The fourth-order valence-electron chi connectivity index (χ4n) is 3.15. The number of rotatable bonds is 8. The fraction of sp³-hybridized carbons (Fsp3) is 0.296. The molecule has 0 aliphatic heterocycles. The summed E-state index contributed by atoms with van der Waals surface area (Å²) in [6.07, 6.45) is 0.475. The summed E-state index contributed by atoms with van der Waals surface area (Å²) < 4.78 is 10.9. The molecule has 32 heavy (non-hydrogen) atoms. The Labute approximate surface area is 195 Å². The van der Waals surface area contributed by atoms with E-state index in [1.165, 1.54) is 5.56 Å². The normalized spacial score (nSPS) is 11.1. The van der Waals surface area contributed by atoms with Crippen molar-refractivity contribution < 1.29 is 14.3 Å². The molecule has 168 valence electrons. The van der Waals surface area contributed by atoms with Crippen molar-refractivity contribution in [1.29, 1.82) is 0 Å². The Bertz CT molecular complexity index is 997. The maximum atomic E-state index is 12.8. The molecule has 0 heterocycles. The van der Waals surface area contributed by atoms with Crippen molar-refractivity contribution in [2.75, 3.05) is 13.7 Å². The van der Waals surface area contributed by atoms with Gasteiger partial charge >= 0.3 is 6.09 Å². The van der Waals surface area contributed by atoms with Crippen LogP contribution in [0.1, 0.15) is 31.9 Å². The molecule has 0 fully saturated rings. The molecule has 3 aromatic rings. The molecule has 1 amide bonds. The van der Waals surface area contributed by atoms with Crippen LogP contribution in [0.15, 0.2) is 88.7 Å². The Morgan fingerprint density at radius 2 is 1.59 bits per heavy atom. The number of hydrogen-bond donors (Lipinski definition) is 0. The standard InChI is InChI=1S/C27H31NO3S/c1-27(2,3)31-26(29)28(20-22-9-6-5-7-10-22)18-17-21-13-15-24(16-14-21)32-25-12-8-11-23(19-25)30-4/h5-16,19H,17-18,20H2,1-4H3. The SMILES string of the molecule is COc1cccc(Sc2ccc(CCN(Cc3ccccc3)C(=O)OC(C)(C)C)cc2)c1. The van der Waals surface area contributed by atoms with Gasteiger partial charge in [-0.25, -0.2) is 4.79 Å². The topological polar surface area (TPSA) is 38.8 Å². The van der Waals surface area contributed by atoms with Crippen molar-refractivity contribution in [3.05, 3.63) is 90.0 Å². The molecular formula is C27H31NO3S. The first-order valence-corrected chi connectivity index (χ1v) is 11.6. The summed E-state index contributed by atoms with van der Waals surface area (Å²) >= 11 is 1.70. The summed E-state index contributed by atoms with van der Waals surface area (Å²) in [6, 6.07) is 26.5. The quantitative estimate of drug-likeness (QED) is 0.378. The molecule has 0 saturated heterocycles. The van der Waals surface area contributed by atoms with Crippen LogP contribution in [-0.2, 0) is 17.7 Å². The monoisotopic (exact) mass is 449 g/mol. The summed E-state index contributed by atoms with van der Waals surface area (Å²) in [5.74, 6) is 0.854. The van der Waals surface area contributed by atoms with Gasteiger partial charge in [0, 0.05) is 22.9 Å². The lowest BCUT2D eigenvalue weighted by atomic mass is 10.1. The van der Waals surface area contributed by atoms with Crippen LogP contribution >= 0.6 is 11.8 Å². The van der Waals surface area contributed by atoms with E-state index in [-0.39, 0.29) is 6.09 Å². The lowest BCUT2D eigenvalue weighted by Crippen LogP contribution is -2.37. The van der Waals surface area contributed by atoms with E-state index < -0.39 is 5.60 Å². The minimum absolute atomic E-state index is 0.286. The first-order chi connectivity index (χ1) is 15.3. The van der Waals surface area contributed by atoms with Crippen LogP contribution in [0.3, 0.4) is 0 Å². The Morgan fingerprint density at radius 3 is 2.25 bits per heavy atom. The minimum Gasteiger partial charge on any atom is -0.497 e. The first-order valence-electron chi connectivity index (χ1n) is 10.7. The van der Waals surface area contributed by atoms with E-state index in [1.54, 1.807) is 23.8 Å². The van der Waals surface area contributed by atoms with E-state index in [0.717, 1.165) is 27.5 Å². The fourth-order valence-corrected chi connectivity index (χ4v) is 4.02. The van der Waals surface area contributed by atoms with E-state index in [1.807, 2.05) is 69.3 Å². The number of amides is 1. The van der Waals surface area contributed by atoms with E-state index in [0.29, 0.717) is 13.1 Å². The molecule has 0 saturated carbocycles. The smallest absolute Gasteiger partial charge is 0.410 e. The van der Waals surface area contributed by atoms with Crippen molar-refractivity contribution in [2.24, 2.45) is 0 Å². The number of benzene rings is 3. The summed E-state index contributed by atoms with van der Waals surface area (Å²) in [6.45, 7) is 6.80. The van der Waals surface area contributed by atoms with Gasteiger partial charge in [-0.1, -0.05) is 60.3 Å². The molecule has 5 heteroatoms. The predicted octanol–water partition coefficient (Wildman–Crippen LogP) is 6.83. The number of ether oxygens (including phenoxy) is 2. The molecule has 0 aliphatic rings. The largest absolute Gasteiger partial charge is 0.497 e. The maximum absolute atomic E-state index is 12.8. The molecule has 0 unspecified atom stereocenters. The first kappa shape index (κ1) is 23.7. The molecule has 0 bridgehead atoms. The minimum atomic E-state index is -0.523. The highest BCUT2D eigenvalue weighted by Gasteiger charge is 2.22. The number of carbonyl (C=O) groups is 1. The van der Waals surface area contributed by atoms with Gasteiger partial charge in [0.1, 0.15) is 11.4 Å². The molecule has 0 aromatic heterocycles. The van der Waals surface area contributed by atoms with Gasteiger partial charge in [-0.3, -0.25) is 0 Å². The Kier molecular flexibility index (Phi) is 8.23. The van der Waals surface area contributed by atoms with Crippen molar-refractivity contribution in [3.63, 3.8) is 0 Å². The van der Waals surface area contributed by atoms with Crippen LogP contribution in [0.2, 0.25) is 0 Å². The maximum Gasteiger partial charge on any atom is 0.410 e. The van der Waals surface area contributed by atoms with Gasteiger partial charge in [0.25, 0.3) is 0 Å². The van der Waals surface area contributed by atoms with Crippen molar-refractivity contribution in [1.82, 2.24) is 4.90 Å². The average molecular weight is 450 g/mol. The van der Waals surface area contributed by atoms with E-state index in [4.69, 9.17) is 9.47 Å². The van der Waals surface area contributed by atoms with Crippen molar-refractivity contribution in [3.8, 4) is 5.75 Å². The highest BCUT2D eigenvalue weighted by atomic mass is 32.2. The van der Waals surface area contributed by atoms with Gasteiger partial charge in [-0.2, -0.15) is 0 Å². The van der Waals surface area contributed by atoms with Gasteiger partial charge in [0.15, 0.2) is 0 Å². The zero-order chi connectivity index (χ0) is 23.0. The summed E-state index contributed by atoms with van der Waals surface area (Å²) in [4.78, 5) is 16.9. The number of nitrogens with zero attached hydrogens (tertiary/aromatic N) is 1. The summed E-state index contributed by atoms with van der Waals surface area (Å²) in [7, 11) is 1.68. The second kappa shape index (κ2) is 11.1. The lowest BCUT2D eigenvalue weighted by Gasteiger charge is -2.27. The molecule has 3 rings (SSSR count). The highest BCUT2D eigenvalue weighted by molar-refractivity contribution is 7.99. The molecule has 0 atom stereocenters. The number of methoxy groups -OCH3 is 1. The highest BCUT2D eigenvalue weighted by Crippen LogP contribution is 2.30. The predicted molar refractivity (Wildman–Crippen MR) is 130 cm³/mol. The van der Waals surface area contributed by atoms with Crippen LogP contribution in [0.25, 0.3) is 0 Å². The molecule has 0 aliphatic carbocycles. The Morgan fingerprint density at radius 1 is 0.875 bits per heavy atom.